The van der Waals surface area contributed by atoms with E-state index in [-0.39, 0.29) is 17.3 Å². The van der Waals surface area contributed by atoms with Crippen LogP contribution in [0.3, 0.4) is 0 Å². The lowest BCUT2D eigenvalue weighted by molar-refractivity contribution is -0.150. The zero-order chi connectivity index (χ0) is 10.4. The summed E-state index contributed by atoms with van der Waals surface area (Å²) in [6.45, 7) is 0. The van der Waals surface area contributed by atoms with Crippen LogP contribution < -0.4 is 0 Å². The van der Waals surface area contributed by atoms with Crippen LogP contribution in [0.15, 0.2) is 0 Å². The molecule has 0 N–H and O–H groups in total. The molecule has 0 saturated heterocycles. The Balaban J connectivity index is 1.78. The van der Waals surface area contributed by atoms with E-state index in [1.807, 2.05) is 0 Å². The van der Waals surface area contributed by atoms with Crippen molar-refractivity contribution in [3.63, 3.8) is 0 Å². The SMILES string of the molecule is COC(=O)[C@]12C3CC4[C@H](C31)[C@@H](C#N)C[C@@H]42. The molecule has 5 fully saturated rings. The van der Waals surface area contributed by atoms with Crippen molar-refractivity contribution in [2.24, 2.45) is 40.9 Å². The number of carbonyl (C=O) groups excluding carboxylic acids is 1. The van der Waals surface area contributed by atoms with Crippen LogP contribution in [-0.4, -0.2) is 13.1 Å². The third-order valence-electron chi connectivity index (χ3n) is 5.73. The molecule has 3 unspecified atom stereocenters. The van der Waals surface area contributed by atoms with E-state index < -0.39 is 0 Å². The van der Waals surface area contributed by atoms with E-state index in [0.29, 0.717) is 29.6 Å². The molecule has 0 aliphatic heterocycles. The lowest BCUT2D eigenvalue weighted by Crippen LogP contribution is -2.28. The van der Waals surface area contributed by atoms with E-state index in [9.17, 15) is 4.79 Å². The van der Waals surface area contributed by atoms with Crippen molar-refractivity contribution in [3.8, 4) is 6.07 Å². The lowest BCUT2D eigenvalue weighted by Gasteiger charge is -2.21. The Bertz CT molecular complexity index is 412. The molecular formula is C12H13NO2. The van der Waals surface area contributed by atoms with Crippen LogP contribution in [0.4, 0.5) is 0 Å². The summed E-state index contributed by atoms with van der Waals surface area (Å²) in [7, 11) is 1.50. The fourth-order valence-electron chi connectivity index (χ4n) is 5.57. The first-order valence-electron chi connectivity index (χ1n) is 5.74. The Morgan fingerprint density at radius 3 is 2.87 bits per heavy atom. The standard InChI is InChI=1S/C12H13NO2/c1-15-11(14)12-7-2-5(4-13)9-6(7)3-8(12)10(9)12/h5-10H,2-3H2,1H3/t5-,6?,7+,8?,9-,10?,12-/m1/s1. The molecule has 78 valence electrons. The number of nitrogens with zero attached hydrogens (tertiary/aromatic N) is 1. The van der Waals surface area contributed by atoms with Gasteiger partial charge in [0.15, 0.2) is 0 Å². The minimum absolute atomic E-state index is 0.0175. The van der Waals surface area contributed by atoms with Gasteiger partial charge in [0.2, 0.25) is 0 Å². The maximum atomic E-state index is 11.9. The monoisotopic (exact) mass is 203 g/mol. The third-order valence-corrected chi connectivity index (χ3v) is 5.73. The van der Waals surface area contributed by atoms with Crippen molar-refractivity contribution in [2.75, 3.05) is 7.11 Å². The largest absolute Gasteiger partial charge is 0.469 e. The van der Waals surface area contributed by atoms with Crippen molar-refractivity contribution < 1.29 is 9.53 Å². The molecule has 7 atom stereocenters. The molecule has 3 heteroatoms. The topological polar surface area (TPSA) is 50.1 Å². The highest BCUT2D eigenvalue weighted by atomic mass is 16.5. The minimum Gasteiger partial charge on any atom is -0.469 e. The van der Waals surface area contributed by atoms with Gasteiger partial charge in [-0.3, -0.25) is 4.79 Å². The predicted molar refractivity (Wildman–Crippen MR) is 50.2 cm³/mol. The van der Waals surface area contributed by atoms with Crippen LogP contribution in [0.1, 0.15) is 12.8 Å². The van der Waals surface area contributed by atoms with Gasteiger partial charge in [0.1, 0.15) is 0 Å². The van der Waals surface area contributed by atoms with Gasteiger partial charge < -0.3 is 4.74 Å². The average molecular weight is 203 g/mol. The van der Waals surface area contributed by atoms with Gasteiger partial charge >= 0.3 is 5.97 Å². The lowest BCUT2D eigenvalue weighted by atomic mass is 9.82. The zero-order valence-corrected chi connectivity index (χ0v) is 8.64. The van der Waals surface area contributed by atoms with E-state index in [4.69, 9.17) is 10.00 Å². The molecule has 5 rings (SSSR count). The average Bonchev–Trinajstić information content (AvgIpc) is 2.69. The van der Waals surface area contributed by atoms with Crippen molar-refractivity contribution in [2.45, 2.75) is 12.8 Å². The van der Waals surface area contributed by atoms with Crippen LogP contribution in [-0.2, 0) is 9.53 Å². The van der Waals surface area contributed by atoms with Crippen molar-refractivity contribution >= 4 is 5.97 Å². The third kappa shape index (κ3) is 0.555. The number of ether oxygens (including phenoxy) is 1. The fourth-order valence-corrected chi connectivity index (χ4v) is 5.57. The summed E-state index contributed by atoms with van der Waals surface area (Å²) in [5.41, 5.74) is -0.114. The highest BCUT2D eigenvalue weighted by Gasteiger charge is 2.90. The number of rotatable bonds is 1. The molecular weight excluding hydrogens is 190 g/mol. The van der Waals surface area contributed by atoms with Crippen LogP contribution in [0.25, 0.3) is 0 Å². The normalized spacial score (nSPS) is 61.6. The van der Waals surface area contributed by atoms with E-state index in [1.165, 1.54) is 13.5 Å². The summed E-state index contributed by atoms with van der Waals surface area (Å²) >= 11 is 0. The Hall–Kier alpha value is -1.04. The predicted octanol–water partition coefficient (Wildman–Crippen LogP) is 1.20. The van der Waals surface area contributed by atoms with E-state index in [1.54, 1.807) is 0 Å². The number of hydrogen-bond acceptors (Lipinski definition) is 3. The molecule has 0 aromatic rings. The molecule has 5 saturated carbocycles. The molecule has 15 heavy (non-hydrogen) atoms. The number of carbonyl (C=O) groups is 1. The van der Waals surface area contributed by atoms with E-state index >= 15 is 0 Å². The summed E-state index contributed by atoms with van der Waals surface area (Å²) in [4.78, 5) is 11.9. The smallest absolute Gasteiger partial charge is 0.312 e. The van der Waals surface area contributed by atoms with E-state index in [0.717, 1.165) is 6.42 Å². The summed E-state index contributed by atoms with van der Waals surface area (Å²) < 4.78 is 4.98. The Labute approximate surface area is 88.4 Å². The van der Waals surface area contributed by atoms with Crippen LogP contribution in [0.5, 0.6) is 0 Å². The van der Waals surface area contributed by atoms with Crippen LogP contribution in [0, 0.1) is 52.3 Å². The molecule has 6 bridgehead atoms. The summed E-state index contributed by atoms with van der Waals surface area (Å²) in [6, 6.07) is 2.43. The van der Waals surface area contributed by atoms with Gasteiger partial charge in [0.05, 0.1) is 24.5 Å². The van der Waals surface area contributed by atoms with Gasteiger partial charge in [-0.25, -0.2) is 0 Å². The van der Waals surface area contributed by atoms with Gasteiger partial charge in [0, 0.05) is 0 Å². The molecule has 5 aliphatic rings. The van der Waals surface area contributed by atoms with Crippen molar-refractivity contribution in [3.05, 3.63) is 0 Å². The zero-order valence-electron chi connectivity index (χ0n) is 8.64. The van der Waals surface area contributed by atoms with Gasteiger partial charge in [-0.1, -0.05) is 0 Å². The van der Waals surface area contributed by atoms with Crippen molar-refractivity contribution in [1.29, 1.82) is 5.26 Å². The summed E-state index contributed by atoms with van der Waals surface area (Å²) in [5, 5.41) is 9.07. The van der Waals surface area contributed by atoms with Gasteiger partial charge in [-0.05, 0) is 42.4 Å². The minimum atomic E-state index is -0.114. The fraction of sp³-hybridized carbons (Fsp3) is 0.833. The molecule has 0 aromatic heterocycles. The number of methoxy groups -OCH3 is 1. The Kier molecular flexibility index (Phi) is 1.12. The number of nitriles is 1. The summed E-state index contributed by atoms with van der Waals surface area (Å²) in [5.74, 6) is 3.02. The summed E-state index contributed by atoms with van der Waals surface area (Å²) in [6.07, 6.45) is 2.14. The first-order chi connectivity index (χ1) is 7.26. The van der Waals surface area contributed by atoms with Gasteiger partial charge in [-0.15, -0.1) is 0 Å². The quantitative estimate of drug-likeness (QED) is 0.602. The van der Waals surface area contributed by atoms with Crippen LogP contribution >= 0.6 is 0 Å². The molecule has 0 amide bonds. The molecule has 5 aliphatic carbocycles. The second-order valence-corrected chi connectivity index (χ2v) is 5.61. The van der Waals surface area contributed by atoms with Crippen LogP contribution in [0.2, 0.25) is 0 Å². The maximum absolute atomic E-state index is 11.9. The molecule has 0 aromatic carbocycles. The Morgan fingerprint density at radius 1 is 1.47 bits per heavy atom. The number of esters is 1. The molecule has 0 radical (unpaired) electrons. The Morgan fingerprint density at radius 2 is 2.27 bits per heavy atom. The van der Waals surface area contributed by atoms with Gasteiger partial charge in [0.25, 0.3) is 0 Å². The first-order valence-corrected chi connectivity index (χ1v) is 5.74. The highest BCUT2D eigenvalue weighted by Crippen LogP contribution is 2.89. The van der Waals surface area contributed by atoms with Crippen molar-refractivity contribution in [1.82, 2.24) is 0 Å². The number of hydrogen-bond donors (Lipinski definition) is 0. The molecule has 3 nitrogen and oxygen atoms in total. The maximum Gasteiger partial charge on any atom is 0.312 e. The second kappa shape index (κ2) is 2.07. The molecule has 0 heterocycles. The van der Waals surface area contributed by atoms with E-state index in [2.05, 4.69) is 6.07 Å². The first kappa shape index (κ1) is 8.15. The van der Waals surface area contributed by atoms with Gasteiger partial charge in [-0.2, -0.15) is 5.26 Å². The highest BCUT2D eigenvalue weighted by molar-refractivity contribution is 5.84. The second-order valence-electron chi connectivity index (χ2n) is 5.61. The molecule has 0 spiro atoms.